The molecule has 1 heterocycles. The average Bonchev–Trinajstić information content (AvgIpc) is 2.46. The van der Waals surface area contributed by atoms with Gasteiger partial charge in [0.2, 0.25) is 0 Å². The number of ether oxygens (including phenoxy) is 1. The third-order valence-corrected chi connectivity index (χ3v) is 3.52. The van der Waals surface area contributed by atoms with Gasteiger partial charge < -0.3 is 4.74 Å². The Morgan fingerprint density at radius 1 is 1.14 bits per heavy atom. The lowest BCUT2D eigenvalue weighted by Crippen LogP contribution is -2.15. The van der Waals surface area contributed by atoms with E-state index in [1.165, 1.54) is 6.07 Å². The van der Waals surface area contributed by atoms with Crippen LogP contribution in [0.4, 0.5) is 10.6 Å². The van der Waals surface area contributed by atoms with Crippen LogP contribution in [0.2, 0.25) is 0 Å². The van der Waals surface area contributed by atoms with Crippen LogP contribution in [-0.2, 0) is 20.4 Å². The molecule has 1 N–H and O–H groups in total. The van der Waals surface area contributed by atoms with Gasteiger partial charge in [0.15, 0.2) is 10.8 Å². The van der Waals surface area contributed by atoms with E-state index in [9.17, 15) is 13.2 Å². The second-order valence-electron chi connectivity index (χ2n) is 3.88. The largest absolute Gasteiger partial charge is 0.444 e. The number of hydrogen-bond donors (Lipinski definition) is 1. The number of carbonyl (C=O) groups is 1. The molecule has 0 aliphatic carbocycles. The zero-order chi connectivity index (χ0) is 15.3. The van der Waals surface area contributed by atoms with Crippen LogP contribution in [0.3, 0.4) is 0 Å². The second-order valence-corrected chi connectivity index (χ2v) is 6.39. The van der Waals surface area contributed by atoms with Gasteiger partial charge in [-0.1, -0.05) is 30.3 Å². The van der Waals surface area contributed by atoms with E-state index in [-0.39, 0.29) is 12.4 Å². The van der Waals surface area contributed by atoms with E-state index in [0.29, 0.717) is 0 Å². The van der Waals surface area contributed by atoms with Gasteiger partial charge in [-0.05, 0) is 17.7 Å². The van der Waals surface area contributed by atoms with Crippen molar-refractivity contribution in [1.29, 1.82) is 0 Å². The Hall–Kier alpha value is -2.19. The SMILES string of the molecule is O=C(Nc1ccc(S(=O)(=O)Cl)nn1)OCc1ccccc1. The minimum absolute atomic E-state index is 0.0529. The monoisotopic (exact) mass is 327 g/mol. The molecular formula is C12H10ClN3O4S. The molecule has 9 heteroatoms. The van der Waals surface area contributed by atoms with E-state index >= 15 is 0 Å². The molecule has 1 amide bonds. The first kappa shape index (κ1) is 15.2. The maximum absolute atomic E-state index is 11.5. The molecule has 2 rings (SSSR count). The molecule has 0 radical (unpaired) electrons. The van der Waals surface area contributed by atoms with Gasteiger partial charge in [-0.25, -0.2) is 13.2 Å². The molecule has 0 saturated carbocycles. The zero-order valence-corrected chi connectivity index (χ0v) is 12.1. The van der Waals surface area contributed by atoms with Gasteiger partial charge in [-0.15, -0.1) is 10.2 Å². The van der Waals surface area contributed by atoms with Crippen molar-refractivity contribution in [3.05, 3.63) is 48.0 Å². The Labute approximate surface area is 125 Å². The number of carbonyl (C=O) groups excluding carboxylic acids is 1. The number of nitrogens with one attached hydrogen (secondary N) is 1. The molecule has 0 unspecified atom stereocenters. The van der Waals surface area contributed by atoms with Crippen molar-refractivity contribution in [2.45, 2.75) is 11.6 Å². The lowest BCUT2D eigenvalue weighted by atomic mass is 10.2. The highest BCUT2D eigenvalue weighted by Gasteiger charge is 2.13. The predicted molar refractivity (Wildman–Crippen MR) is 75.3 cm³/mol. The van der Waals surface area contributed by atoms with Crippen molar-refractivity contribution in [3.8, 4) is 0 Å². The van der Waals surface area contributed by atoms with Crippen LogP contribution in [0.15, 0.2) is 47.5 Å². The topological polar surface area (TPSA) is 98.2 Å². The van der Waals surface area contributed by atoms with Crippen molar-refractivity contribution in [2.75, 3.05) is 5.32 Å². The molecule has 0 aliphatic heterocycles. The Morgan fingerprint density at radius 3 is 2.43 bits per heavy atom. The normalized spacial score (nSPS) is 10.9. The summed E-state index contributed by atoms with van der Waals surface area (Å²) < 4.78 is 26.9. The molecule has 0 spiro atoms. The van der Waals surface area contributed by atoms with Crippen LogP contribution >= 0.6 is 10.7 Å². The van der Waals surface area contributed by atoms with Crippen molar-refractivity contribution in [3.63, 3.8) is 0 Å². The summed E-state index contributed by atoms with van der Waals surface area (Å²) in [6, 6.07) is 11.5. The summed E-state index contributed by atoms with van der Waals surface area (Å²) in [7, 11) is 1.15. The Morgan fingerprint density at radius 2 is 1.86 bits per heavy atom. The molecule has 2 aromatic rings. The third-order valence-electron chi connectivity index (χ3n) is 2.33. The number of anilines is 1. The van der Waals surface area contributed by atoms with Crippen LogP contribution in [0.5, 0.6) is 0 Å². The molecule has 1 aromatic heterocycles. The summed E-state index contributed by atoms with van der Waals surface area (Å²) in [4.78, 5) is 11.5. The molecule has 21 heavy (non-hydrogen) atoms. The van der Waals surface area contributed by atoms with Crippen molar-refractivity contribution in [2.24, 2.45) is 0 Å². The van der Waals surface area contributed by atoms with Gasteiger partial charge in [0.1, 0.15) is 6.61 Å². The quantitative estimate of drug-likeness (QED) is 0.864. The van der Waals surface area contributed by atoms with Gasteiger partial charge in [0, 0.05) is 10.7 Å². The smallest absolute Gasteiger partial charge is 0.413 e. The zero-order valence-electron chi connectivity index (χ0n) is 10.6. The molecule has 110 valence electrons. The first-order valence-corrected chi connectivity index (χ1v) is 8.02. The lowest BCUT2D eigenvalue weighted by molar-refractivity contribution is 0.155. The number of nitrogens with zero attached hydrogens (tertiary/aromatic N) is 2. The van der Waals surface area contributed by atoms with Crippen molar-refractivity contribution < 1.29 is 17.9 Å². The van der Waals surface area contributed by atoms with Gasteiger partial charge in [-0.3, -0.25) is 5.32 Å². The van der Waals surface area contributed by atoms with E-state index in [4.69, 9.17) is 15.4 Å². The van der Waals surface area contributed by atoms with Crippen LogP contribution in [0.1, 0.15) is 5.56 Å². The molecule has 0 aliphatic rings. The summed E-state index contributed by atoms with van der Waals surface area (Å²) in [5.41, 5.74) is 0.835. The summed E-state index contributed by atoms with van der Waals surface area (Å²) in [5.74, 6) is 0.0529. The summed E-state index contributed by atoms with van der Waals surface area (Å²) in [6.07, 6.45) is -0.727. The maximum atomic E-state index is 11.5. The highest BCUT2D eigenvalue weighted by atomic mass is 35.7. The van der Waals surface area contributed by atoms with Crippen LogP contribution in [0.25, 0.3) is 0 Å². The van der Waals surface area contributed by atoms with Crippen molar-refractivity contribution in [1.82, 2.24) is 10.2 Å². The highest BCUT2D eigenvalue weighted by Crippen LogP contribution is 2.12. The van der Waals surface area contributed by atoms with Gasteiger partial charge in [0.05, 0.1) is 0 Å². The van der Waals surface area contributed by atoms with Crippen LogP contribution in [-0.4, -0.2) is 24.7 Å². The summed E-state index contributed by atoms with van der Waals surface area (Å²) in [6.45, 7) is 0.105. The predicted octanol–water partition coefficient (Wildman–Crippen LogP) is 2.15. The number of benzene rings is 1. The molecule has 0 saturated heterocycles. The third kappa shape index (κ3) is 4.69. The number of aromatic nitrogens is 2. The molecule has 7 nitrogen and oxygen atoms in total. The van der Waals surface area contributed by atoms with E-state index < -0.39 is 20.2 Å². The van der Waals surface area contributed by atoms with Crippen LogP contribution in [0, 0.1) is 0 Å². The summed E-state index contributed by atoms with van der Waals surface area (Å²) >= 11 is 0. The van der Waals surface area contributed by atoms with E-state index in [1.807, 2.05) is 30.3 Å². The standard InChI is InChI=1S/C12H10ClN3O4S/c13-21(18,19)11-7-6-10(15-16-11)14-12(17)20-8-9-4-2-1-3-5-9/h1-7H,8H2,(H,14,15,17). The molecule has 0 bridgehead atoms. The first-order valence-electron chi connectivity index (χ1n) is 5.71. The van der Waals surface area contributed by atoms with Gasteiger partial charge in [0.25, 0.3) is 9.05 Å². The minimum atomic E-state index is -3.94. The second kappa shape index (κ2) is 6.51. The number of halogens is 1. The fourth-order valence-corrected chi connectivity index (χ4v) is 2.00. The van der Waals surface area contributed by atoms with Crippen molar-refractivity contribution >= 4 is 31.6 Å². The number of amides is 1. The average molecular weight is 328 g/mol. The van der Waals surface area contributed by atoms with Gasteiger partial charge >= 0.3 is 6.09 Å². The van der Waals surface area contributed by atoms with Crippen LogP contribution < -0.4 is 5.32 Å². The molecule has 0 atom stereocenters. The Bertz CT molecular complexity index is 720. The molecular weight excluding hydrogens is 318 g/mol. The van der Waals surface area contributed by atoms with Gasteiger partial charge in [-0.2, -0.15) is 0 Å². The number of rotatable bonds is 4. The lowest BCUT2D eigenvalue weighted by Gasteiger charge is -2.06. The Balaban J connectivity index is 1.91. The fourth-order valence-electron chi connectivity index (χ4n) is 1.38. The summed E-state index contributed by atoms with van der Waals surface area (Å²) in [5, 5.41) is 8.82. The molecule has 0 fully saturated rings. The minimum Gasteiger partial charge on any atom is -0.444 e. The first-order chi connectivity index (χ1) is 9.95. The number of hydrogen-bond acceptors (Lipinski definition) is 6. The highest BCUT2D eigenvalue weighted by molar-refractivity contribution is 8.13. The van der Waals surface area contributed by atoms with E-state index in [0.717, 1.165) is 11.6 Å². The Kier molecular flexibility index (Phi) is 4.71. The van der Waals surface area contributed by atoms with E-state index in [1.54, 1.807) is 0 Å². The fraction of sp³-hybridized carbons (Fsp3) is 0.0833. The maximum Gasteiger partial charge on any atom is 0.413 e. The van der Waals surface area contributed by atoms with E-state index in [2.05, 4.69) is 15.5 Å². The molecule has 1 aromatic carbocycles.